The van der Waals surface area contributed by atoms with Crippen molar-refractivity contribution in [3.63, 3.8) is 0 Å². The minimum Gasteiger partial charge on any atom is -0.393 e. The van der Waals surface area contributed by atoms with Gasteiger partial charge in [-0.15, -0.1) is 0 Å². The first-order valence-corrected chi connectivity index (χ1v) is 8.28. The third-order valence-corrected chi connectivity index (χ3v) is 5.22. The van der Waals surface area contributed by atoms with Crippen molar-refractivity contribution in [3.05, 3.63) is 28.2 Å². The predicted octanol–water partition coefficient (Wildman–Crippen LogP) is 2.40. The fraction of sp³-hybridized carbons (Fsp3) is 0.562. The maximum absolute atomic E-state index is 12.2. The summed E-state index contributed by atoms with van der Waals surface area (Å²) in [6, 6.07) is 5.84. The summed E-state index contributed by atoms with van der Waals surface area (Å²) in [4.78, 5) is 14.3. The minimum atomic E-state index is -0.170. The molecule has 3 unspecified atom stereocenters. The Kier molecular flexibility index (Phi) is 4.33. The second kappa shape index (κ2) is 6.07. The number of benzene rings is 1. The SMILES string of the molecule is Cc1cc(Br)ccc1NC(=O)CN1CC2CCC(O)C2C1. The van der Waals surface area contributed by atoms with E-state index in [-0.39, 0.29) is 12.0 Å². The number of carbonyl (C=O) groups excluding carboxylic acids is 1. The smallest absolute Gasteiger partial charge is 0.238 e. The summed E-state index contributed by atoms with van der Waals surface area (Å²) in [7, 11) is 0. The Morgan fingerprint density at radius 1 is 1.43 bits per heavy atom. The number of aliphatic hydroxyl groups excluding tert-OH is 1. The molecule has 2 N–H and O–H groups in total. The molecule has 114 valence electrons. The summed E-state index contributed by atoms with van der Waals surface area (Å²) in [5.41, 5.74) is 1.91. The third-order valence-electron chi connectivity index (χ3n) is 4.72. The molecule has 1 aromatic rings. The van der Waals surface area contributed by atoms with Crippen LogP contribution < -0.4 is 5.32 Å². The number of aliphatic hydroxyl groups is 1. The number of nitrogens with one attached hydrogen (secondary N) is 1. The summed E-state index contributed by atoms with van der Waals surface area (Å²) in [6.45, 7) is 4.18. The number of likely N-dealkylation sites (tertiary alicyclic amines) is 1. The van der Waals surface area contributed by atoms with E-state index in [1.54, 1.807) is 0 Å². The average Bonchev–Trinajstić information content (AvgIpc) is 2.95. The highest BCUT2D eigenvalue weighted by Gasteiger charge is 2.41. The number of halogens is 1. The van der Waals surface area contributed by atoms with Gasteiger partial charge in [0.25, 0.3) is 0 Å². The van der Waals surface area contributed by atoms with Gasteiger partial charge in [0.1, 0.15) is 0 Å². The number of hydrogen-bond donors (Lipinski definition) is 2. The normalized spacial score (nSPS) is 28.6. The first kappa shape index (κ1) is 15.0. The highest BCUT2D eigenvalue weighted by Crippen LogP contribution is 2.37. The molecule has 1 aliphatic carbocycles. The monoisotopic (exact) mass is 352 g/mol. The average molecular weight is 353 g/mol. The summed E-state index contributed by atoms with van der Waals surface area (Å²) in [6.07, 6.45) is 1.85. The molecular weight excluding hydrogens is 332 g/mol. The molecule has 2 aliphatic rings. The summed E-state index contributed by atoms with van der Waals surface area (Å²) in [5.74, 6) is 0.962. The van der Waals surface area contributed by atoms with Crippen LogP contribution in [-0.2, 0) is 4.79 Å². The van der Waals surface area contributed by atoms with Crippen LogP contribution in [-0.4, -0.2) is 41.7 Å². The quantitative estimate of drug-likeness (QED) is 0.878. The van der Waals surface area contributed by atoms with Crippen molar-refractivity contribution in [2.75, 3.05) is 25.0 Å². The van der Waals surface area contributed by atoms with E-state index in [0.29, 0.717) is 18.4 Å². The van der Waals surface area contributed by atoms with E-state index in [4.69, 9.17) is 0 Å². The van der Waals surface area contributed by atoms with Crippen molar-refractivity contribution >= 4 is 27.5 Å². The van der Waals surface area contributed by atoms with Crippen molar-refractivity contribution in [1.29, 1.82) is 0 Å². The first-order chi connectivity index (χ1) is 10.0. The Hall–Kier alpha value is -0.910. The van der Waals surface area contributed by atoms with Crippen LogP contribution in [0.4, 0.5) is 5.69 Å². The molecule has 0 bridgehead atoms. The zero-order valence-corrected chi connectivity index (χ0v) is 13.8. The van der Waals surface area contributed by atoms with Gasteiger partial charge >= 0.3 is 0 Å². The van der Waals surface area contributed by atoms with Crippen molar-refractivity contribution in [2.24, 2.45) is 11.8 Å². The van der Waals surface area contributed by atoms with Crippen molar-refractivity contribution < 1.29 is 9.90 Å². The molecule has 1 heterocycles. The molecule has 5 heteroatoms. The zero-order chi connectivity index (χ0) is 15.0. The van der Waals surface area contributed by atoms with Crippen LogP contribution >= 0.6 is 15.9 Å². The molecule has 3 atom stereocenters. The largest absolute Gasteiger partial charge is 0.393 e. The van der Waals surface area contributed by atoms with E-state index in [0.717, 1.165) is 41.7 Å². The van der Waals surface area contributed by atoms with Crippen LogP contribution in [0.25, 0.3) is 0 Å². The van der Waals surface area contributed by atoms with Gasteiger partial charge in [-0.25, -0.2) is 0 Å². The summed E-state index contributed by atoms with van der Waals surface area (Å²) >= 11 is 3.42. The van der Waals surface area contributed by atoms with E-state index >= 15 is 0 Å². The molecule has 1 aromatic carbocycles. The number of hydrogen-bond acceptors (Lipinski definition) is 3. The van der Waals surface area contributed by atoms with Gasteiger partial charge in [-0.3, -0.25) is 9.69 Å². The zero-order valence-electron chi connectivity index (χ0n) is 12.2. The number of aryl methyl sites for hydroxylation is 1. The number of anilines is 1. The number of fused-ring (bicyclic) bond motifs is 1. The van der Waals surface area contributed by atoms with Gasteiger partial charge in [0.05, 0.1) is 12.6 Å². The number of nitrogens with zero attached hydrogens (tertiary/aromatic N) is 1. The second-order valence-electron chi connectivity index (χ2n) is 6.27. The van der Waals surface area contributed by atoms with Gasteiger partial charge < -0.3 is 10.4 Å². The predicted molar refractivity (Wildman–Crippen MR) is 86.2 cm³/mol. The molecule has 0 aromatic heterocycles. The van der Waals surface area contributed by atoms with Crippen LogP contribution in [0.3, 0.4) is 0 Å². The Labute approximate surface area is 133 Å². The highest BCUT2D eigenvalue weighted by atomic mass is 79.9. The van der Waals surface area contributed by atoms with Gasteiger partial charge in [-0.2, -0.15) is 0 Å². The maximum Gasteiger partial charge on any atom is 0.238 e. The molecular formula is C16H21BrN2O2. The lowest BCUT2D eigenvalue weighted by Gasteiger charge is -2.18. The van der Waals surface area contributed by atoms with Crippen LogP contribution in [0.2, 0.25) is 0 Å². The molecule has 1 amide bonds. The molecule has 3 rings (SSSR count). The molecule has 1 saturated heterocycles. The Balaban J connectivity index is 1.55. The fourth-order valence-electron chi connectivity index (χ4n) is 3.62. The molecule has 1 aliphatic heterocycles. The van der Waals surface area contributed by atoms with Crippen LogP contribution in [0.5, 0.6) is 0 Å². The highest BCUT2D eigenvalue weighted by molar-refractivity contribution is 9.10. The Bertz CT molecular complexity index is 549. The van der Waals surface area contributed by atoms with Crippen LogP contribution in [0, 0.1) is 18.8 Å². The lowest BCUT2D eigenvalue weighted by molar-refractivity contribution is -0.117. The standard InChI is InChI=1S/C16H21BrN2O2/c1-10-6-12(17)3-4-14(10)18-16(21)9-19-7-11-2-5-15(20)13(11)8-19/h3-4,6,11,13,15,20H,2,5,7-9H2,1H3,(H,18,21). The molecule has 21 heavy (non-hydrogen) atoms. The summed E-state index contributed by atoms with van der Waals surface area (Å²) in [5, 5.41) is 12.9. The van der Waals surface area contributed by atoms with Crippen molar-refractivity contribution in [2.45, 2.75) is 25.9 Å². The first-order valence-electron chi connectivity index (χ1n) is 7.49. The minimum absolute atomic E-state index is 0.0230. The van der Waals surface area contributed by atoms with E-state index in [1.807, 2.05) is 25.1 Å². The molecule has 2 fully saturated rings. The van der Waals surface area contributed by atoms with Crippen LogP contribution in [0.1, 0.15) is 18.4 Å². The van der Waals surface area contributed by atoms with Gasteiger partial charge in [-0.05, 0) is 49.4 Å². The van der Waals surface area contributed by atoms with E-state index < -0.39 is 0 Å². The van der Waals surface area contributed by atoms with E-state index in [2.05, 4.69) is 26.1 Å². The van der Waals surface area contributed by atoms with Gasteiger partial charge in [-0.1, -0.05) is 15.9 Å². The van der Waals surface area contributed by atoms with Gasteiger partial charge in [0, 0.05) is 29.2 Å². The Morgan fingerprint density at radius 3 is 2.95 bits per heavy atom. The lowest BCUT2D eigenvalue weighted by Crippen LogP contribution is -2.33. The number of carbonyl (C=O) groups is 1. The topological polar surface area (TPSA) is 52.6 Å². The van der Waals surface area contributed by atoms with E-state index in [9.17, 15) is 9.90 Å². The lowest BCUT2D eigenvalue weighted by atomic mass is 10.00. The Morgan fingerprint density at radius 2 is 2.24 bits per heavy atom. The number of rotatable bonds is 3. The molecule has 0 spiro atoms. The maximum atomic E-state index is 12.2. The molecule has 0 radical (unpaired) electrons. The number of amides is 1. The van der Waals surface area contributed by atoms with E-state index in [1.165, 1.54) is 0 Å². The molecule has 1 saturated carbocycles. The van der Waals surface area contributed by atoms with Gasteiger partial charge in [0.15, 0.2) is 0 Å². The fourth-order valence-corrected chi connectivity index (χ4v) is 4.09. The van der Waals surface area contributed by atoms with Crippen molar-refractivity contribution in [1.82, 2.24) is 4.90 Å². The second-order valence-corrected chi connectivity index (χ2v) is 7.19. The summed E-state index contributed by atoms with van der Waals surface area (Å²) < 4.78 is 1.01. The third kappa shape index (κ3) is 3.30. The van der Waals surface area contributed by atoms with Crippen molar-refractivity contribution in [3.8, 4) is 0 Å². The van der Waals surface area contributed by atoms with Gasteiger partial charge in [0.2, 0.25) is 5.91 Å². The molecule has 4 nitrogen and oxygen atoms in total. The van der Waals surface area contributed by atoms with Crippen LogP contribution in [0.15, 0.2) is 22.7 Å².